The normalized spacial score (nSPS) is 17.8. The van der Waals surface area contributed by atoms with Crippen LogP contribution < -0.4 is 10.6 Å². The summed E-state index contributed by atoms with van der Waals surface area (Å²) >= 11 is 0. The Morgan fingerprint density at radius 1 is 0.905 bits per heavy atom. The van der Waals surface area contributed by atoms with Gasteiger partial charge in [0.25, 0.3) is 0 Å². The molecule has 9 heteroatoms. The average Bonchev–Trinajstić information content (AvgIpc) is 3.72. The largest absolute Gasteiger partial charge is 0.475 e. The number of aromatic carboxylic acids is 1. The number of rotatable bonds is 9. The zero-order valence-corrected chi connectivity index (χ0v) is 22.9. The number of carboxylic acid groups (broad SMARTS) is 1. The number of ether oxygens (including phenoxy) is 1. The Kier molecular flexibility index (Phi) is 7.50. The number of carbonyl (C=O) groups is 3. The number of nitrogens with zero attached hydrogens (tertiary/aromatic N) is 1. The van der Waals surface area contributed by atoms with Crippen LogP contribution in [0.15, 0.2) is 95.4 Å². The topological polar surface area (TPSA) is 121 Å². The van der Waals surface area contributed by atoms with Crippen LogP contribution >= 0.6 is 0 Å². The van der Waals surface area contributed by atoms with Gasteiger partial charge < -0.3 is 24.9 Å². The van der Waals surface area contributed by atoms with Crippen LogP contribution in [0.25, 0.3) is 11.1 Å². The first-order valence-corrected chi connectivity index (χ1v) is 13.9. The Morgan fingerprint density at radius 2 is 1.57 bits per heavy atom. The van der Waals surface area contributed by atoms with E-state index >= 15 is 0 Å². The SMILES string of the molecule is O=C(NC1(C(=O)NCc2ccc(C(=O)O)o2)CCN(Cc2ccccc2)C1)OCC1c2ccccc2-c2ccccc21. The van der Waals surface area contributed by atoms with E-state index in [0.717, 1.165) is 27.8 Å². The molecule has 1 saturated heterocycles. The summed E-state index contributed by atoms with van der Waals surface area (Å²) in [6.07, 6.45) is -0.284. The smallest absolute Gasteiger partial charge is 0.408 e. The van der Waals surface area contributed by atoms with E-state index in [1.807, 2.05) is 54.6 Å². The lowest BCUT2D eigenvalue weighted by molar-refractivity contribution is -0.127. The second-order valence-electron chi connectivity index (χ2n) is 10.7. The fraction of sp³-hybridized carbons (Fsp3) is 0.242. The van der Waals surface area contributed by atoms with Crippen molar-refractivity contribution in [3.8, 4) is 11.1 Å². The Balaban J connectivity index is 1.16. The summed E-state index contributed by atoms with van der Waals surface area (Å²) < 4.78 is 11.1. The predicted octanol–water partition coefficient (Wildman–Crippen LogP) is 4.78. The van der Waals surface area contributed by atoms with E-state index in [1.165, 1.54) is 12.1 Å². The minimum Gasteiger partial charge on any atom is -0.475 e. The summed E-state index contributed by atoms with van der Waals surface area (Å²) in [5.41, 5.74) is 4.34. The molecule has 2 aliphatic rings. The van der Waals surface area contributed by atoms with Crippen molar-refractivity contribution >= 4 is 18.0 Å². The number of amides is 2. The van der Waals surface area contributed by atoms with Gasteiger partial charge in [-0.2, -0.15) is 0 Å². The van der Waals surface area contributed by atoms with Crippen LogP contribution in [0.2, 0.25) is 0 Å². The van der Waals surface area contributed by atoms with Gasteiger partial charge in [-0.05, 0) is 46.4 Å². The Morgan fingerprint density at radius 3 is 2.24 bits per heavy atom. The number of carboxylic acids is 1. The number of fused-ring (bicyclic) bond motifs is 3. The maximum Gasteiger partial charge on any atom is 0.408 e. The lowest BCUT2D eigenvalue weighted by Gasteiger charge is -2.29. The van der Waals surface area contributed by atoms with E-state index in [4.69, 9.17) is 14.3 Å². The molecule has 1 unspecified atom stereocenters. The first-order valence-electron chi connectivity index (χ1n) is 13.9. The second kappa shape index (κ2) is 11.5. The number of hydrogen-bond donors (Lipinski definition) is 3. The molecule has 1 aliphatic heterocycles. The number of carbonyl (C=O) groups excluding carboxylic acids is 2. The highest BCUT2D eigenvalue weighted by molar-refractivity contribution is 5.91. The van der Waals surface area contributed by atoms with Crippen LogP contribution in [0.5, 0.6) is 0 Å². The summed E-state index contributed by atoms with van der Waals surface area (Å²) in [7, 11) is 0. The summed E-state index contributed by atoms with van der Waals surface area (Å²) in [4.78, 5) is 40.2. The van der Waals surface area contributed by atoms with Gasteiger partial charge in [0, 0.05) is 25.6 Å². The van der Waals surface area contributed by atoms with Crippen LogP contribution in [0.4, 0.5) is 4.79 Å². The molecule has 3 aromatic carbocycles. The molecule has 4 aromatic rings. The summed E-state index contributed by atoms with van der Waals surface area (Å²) in [6.45, 7) is 1.63. The first-order chi connectivity index (χ1) is 20.4. The molecular formula is C33H31N3O6. The molecule has 6 rings (SSSR count). The molecule has 1 aromatic heterocycles. The third-order valence-corrected chi connectivity index (χ3v) is 8.01. The van der Waals surface area contributed by atoms with E-state index < -0.39 is 17.6 Å². The fourth-order valence-corrected chi connectivity index (χ4v) is 5.96. The van der Waals surface area contributed by atoms with Crippen LogP contribution in [-0.4, -0.2) is 53.2 Å². The third kappa shape index (κ3) is 5.51. The van der Waals surface area contributed by atoms with E-state index in [2.05, 4.69) is 39.8 Å². The molecule has 2 amide bonds. The van der Waals surface area contributed by atoms with Crippen molar-refractivity contribution in [2.24, 2.45) is 0 Å². The highest BCUT2D eigenvalue weighted by Gasteiger charge is 2.46. The van der Waals surface area contributed by atoms with Gasteiger partial charge in [0.1, 0.15) is 17.9 Å². The van der Waals surface area contributed by atoms with Crippen molar-refractivity contribution in [3.63, 3.8) is 0 Å². The van der Waals surface area contributed by atoms with Gasteiger partial charge in [-0.3, -0.25) is 9.69 Å². The Hall–Kier alpha value is -4.89. The lowest BCUT2D eigenvalue weighted by atomic mass is 9.97. The number of furan rings is 1. The van der Waals surface area contributed by atoms with Crippen LogP contribution in [-0.2, 0) is 22.6 Å². The number of alkyl carbamates (subject to hydrolysis) is 1. The molecule has 0 saturated carbocycles. The predicted molar refractivity (Wildman–Crippen MR) is 155 cm³/mol. The zero-order valence-electron chi connectivity index (χ0n) is 22.9. The molecule has 42 heavy (non-hydrogen) atoms. The molecule has 9 nitrogen and oxygen atoms in total. The second-order valence-corrected chi connectivity index (χ2v) is 10.7. The molecular weight excluding hydrogens is 534 g/mol. The van der Waals surface area contributed by atoms with E-state index in [9.17, 15) is 14.4 Å². The molecule has 2 heterocycles. The van der Waals surface area contributed by atoms with E-state index in [-0.39, 0.29) is 37.3 Å². The summed E-state index contributed by atoms with van der Waals surface area (Å²) in [5.74, 6) is -1.58. The van der Waals surface area contributed by atoms with Crippen molar-refractivity contribution in [1.29, 1.82) is 0 Å². The highest BCUT2D eigenvalue weighted by atomic mass is 16.5. The molecule has 0 bridgehead atoms. The number of benzene rings is 3. The third-order valence-electron chi connectivity index (χ3n) is 8.01. The van der Waals surface area contributed by atoms with Gasteiger partial charge in [-0.1, -0.05) is 78.9 Å². The number of likely N-dealkylation sites (tertiary alicyclic amines) is 1. The summed E-state index contributed by atoms with van der Waals surface area (Å²) in [5, 5.41) is 14.9. The molecule has 1 atom stereocenters. The molecule has 1 aliphatic carbocycles. The number of hydrogen-bond acceptors (Lipinski definition) is 6. The quantitative estimate of drug-likeness (QED) is 0.267. The van der Waals surface area contributed by atoms with Gasteiger partial charge in [0.05, 0.1) is 6.54 Å². The van der Waals surface area contributed by atoms with Crippen LogP contribution in [0.3, 0.4) is 0 Å². The van der Waals surface area contributed by atoms with Gasteiger partial charge >= 0.3 is 12.1 Å². The van der Waals surface area contributed by atoms with Crippen LogP contribution in [0.1, 0.15) is 45.3 Å². The summed E-state index contributed by atoms with van der Waals surface area (Å²) in [6, 6.07) is 29.0. The zero-order chi connectivity index (χ0) is 29.1. The minimum absolute atomic E-state index is 0.0150. The van der Waals surface area contributed by atoms with Crippen molar-refractivity contribution < 1.29 is 28.6 Å². The van der Waals surface area contributed by atoms with Crippen molar-refractivity contribution in [2.45, 2.75) is 31.0 Å². The first kappa shape index (κ1) is 27.3. The van der Waals surface area contributed by atoms with Gasteiger partial charge in [0.2, 0.25) is 11.7 Å². The van der Waals surface area contributed by atoms with Gasteiger partial charge in [0.15, 0.2) is 0 Å². The fourth-order valence-electron chi connectivity index (χ4n) is 5.96. The number of nitrogens with one attached hydrogen (secondary N) is 2. The van der Waals surface area contributed by atoms with E-state index in [1.54, 1.807) is 0 Å². The van der Waals surface area contributed by atoms with Gasteiger partial charge in [-0.15, -0.1) is 0 Å². The Bertz CT molecular complexity index is 1570. The van der Waals surface area contributed by atoms with Crippen molar-refractivity contribution in [2.75, 3.05) is 19.7 Å². The van der Waals surface area contributed by atoms with E-state index in [0.29, 0.717) is 25.3 Å². The standard InChI is InChI=1S/C33H31N3O6/c37-30(38)29-15-14-23(42-29)18-34-31(39)33(16-17-36(21-33)19-22-8-2-1-3-9-22)35-32(40)41-20-28-26-12-6-4-10-24(26)25-11-5-7-13-27(25)28/h1-15,28H,16-21H2,(H,34,39)(H,35,40)(H,37,38). The maximum absolute atomic E-state index is 13.6. The molecule has 1 fully saturated rings. The van der Waals surface area contributed by atoms with Crippen LogP contribution in [0, 0.1) is 0 Å². The molecule has 0 spiro atoms. The lowest BCUT2D eigenvalue weighted by Crippen LogP contribution is -2.60. The average molecular weight is 566 g/mol. The Labute approximate surface area is 243 Å². The van der Waals surface area contributed by atoms with Gasteiger partial charge in [-0.25, -0.2) is 9.59 Å². The molecule has 0 radical (unpaired) electrons. The van der Waals surface area contributed by atoms with Crippen molar-refractivity contribution in [3.05, 3.63) is 119 Å². The monoisotopic (exact) mass is 565 g/mol. The molecule has 3 N–H and O–H groups in total. The minimum atomic E-state index is -1.24. The van der Waals surface area contributed by atoms with Crippen molar-refractivity contribution in [1.82, 2.24) is 15.5 Å². The maximum atomic E-state index is 13.6. The molecule has 214 valence electrons. The highest BCUT2D eigenvalue weighted by Crippen LogP contribution is 2.44.